The van der Waals surface area contributed by atoms with Crippen LogP contribution in [0.5, 0.6) is 0 Å². The number of carbonyl (C=O) groups is 2. The van der Waals surface area contributed by atoms with Gasteiger partial charge in [-0.2, -0.15) is 0 Å². The lowest BCUT2D eigenvalue weighted by atomic mass is 9.90. The first-order valence-corrected chi connectivity index (χ1v) is 8.79. The number of aromatic nitrogens is 1. The standard InChI is InChI=1S/C19H25ClN2O2/c1-5-12(4)18(19(24)11(2)3)22-17(23)8-13-10-21-16-7-6-14(20)9-15(13)16/h6-7,9-12,18,21H,5,8H2,1-4H3,(H,22,23)/t12-,18-/m0/s1. The third kappa shape index (κ3) is 4.18. The van der Waals surface area contributed by atoms with E-state index in [9.17, 15) is 9.59 Å². The summed E-state index contributed by atoms with van der Waals surface area (Å²) >= 11 is 6.05. The fourth-order valence-electron chi connectivity index (χ4n) is 2.78. The predicted molar refractivity (Wildman–Crippen MR) is 98.2 cm³/mol. The van der Waals surface area contributed by atoms with Gasteiger partial charge in [-0.1, -0.05) is 45.7 Å². The number of fused-ring (bicyclic) bond motifs is 1. The van der Waals surface area contributed by atoms with Crippen LogP contribution in [-0.4, -0.2) is 22.7 Å². The molecule has 2 N–H and O–H groups in total. The first-order valence-electron chi connectivity index (χ1n) is 8.42. The van der Waals surface area contributed by atoms with Crippen molar-refractivity contribution < 1.29 is 9.59 Å². The summed E-state index contributed by atoms with van der Waals surface area (Å²) in [5.41, 5.74) is 1.82. The molecule has 4 nitrogen and oxygen atoms in total. The number of nitrogens with one attached hydrogen (secondary N) is 2. The normalized spacial score (nSPS) is 13.9. The molecule has 1 aromatic carbocycles. The van der Waals surface area contributed by atoms with Crippen LogP contribution in [0.4, 0.5) is 0 Å². The first-order chi connectivity index (χ1) is 11.3. The molecule has 2 aromatic rings. The van der Waals surface area contributed by atoms with E-state index in [1.165, 1.54) is 0 Å². The fourth-order valence-corrected chi connectivity index (χ4v) is 2.96. The second-order valence-corrected chi connectivity index (χ2v) is 7.10. The van der Waals surface area contributed by atoms with E-state index in [1.54, 1.807) is 0 Å². The van der Waals surface area contributed by atoms with E-state index in [2.05, 4.69) is 10.3 Å². The number of H-pyrrole nitrogens is 1. The Labute approximate surface area is 148 Å². The van der Waals surface area contributed by atoms with Gasteiger partial charge in [0.1, 0.15) is 0 Å². The summed E-state index contributed by atoms with van der Waals surface area (Å²) in [5.74, 6) is -0.0488. The van der Waals surface area contributed by atoms with Gasteiger partial charge >= 0.3 is 0 Å². The molecule has 130 valence electrons. The molecule has 1 amide bonds. The summed E-state index contributed by atoms with van der Waals surface area (Å²) in [7, 11) is 0. The van der Waals surface area contributed by atoms with Gasteiger partial charge in [-0.3, -0.25) is 9.59 Å². The number of amides is 1. The Bertz CT molecular complexity index is 736. The Morgan fingerprint density at radius 2 is 1.96 bits per heavy atom. The van der Waals surface area contributed by atoms with Gasteiger partial charge in [0.15, 0.2) is 5.78 Å². The van der Waals surface area contributed by atoms with Gasteiger partial charge in [0.05, 0.1) is 12.5 Å². The highest BCUT2D eigenvalue weighted by atomic mass is 35.5. The third-order valence-electron chi connectivity index (χ3n) is 4.49. The Hall–Kier alpha value is -1.81. The van der Waals surface area contributed by atoms with Crippen LogP contribution in [0.1, 0.15) is 39.7 Å². The molecule has 1 aromatic heterocycles. The Kier molecular flexibility index (Phi) is 6.05. The molecule has 24 heavy (non-hydrogen) atoms. The zero-order valence-corrected chi connectivity index (χ0v) is 15.4. The van der Waals surface area contributed by atoms with Crippen LogP contribution < -0.4 is 5.32 Å². The summed E-state index contributed by atoms with van der Waals surface area (Å²) in [6.07, 6.45) is 2.88. The highest BCUT2D eigenvalue weighted by Crippen LogP contribution is 2.23. The van der Waals surface area contributed by atoms with Crippen LogP contribution in [0.3, 0.4) is 0 Å². The van der Waals surface area contributed by atoms with E-state index >= 15 is 0 Å². The van der Waals surface area contributed by atoms with Crippen LogP contribution in [0.25, 0.3) is 10.9 Å². The number of hydrogen-bond donors (Lipinski definition) is 2. The number of ketones is 1. The molecule has 0 aliphatic rings. The Morgan fingerprint density at radius 1 is 1.25 bits per heavy atom. The molecule has 0 spiro atoms. The number of hydrogen-bond acceptors (Lipinski definition) is 2. The first kappa shape index (κ1) is 18.5. The van der Waals surface area contributed by atoms with Crippen molar-refractivity contribution in [1.29, 1.82) is 0 Å². The van der Waals surface area contributed by atoms with Crippen molar-refractivity contribution in [2.45, 2.75) is 46.6 Å². The van der Waals surface area contributed by atoms with Crippen molar-refractivity contribution in [1.82, 2.24) is 10.3 Å². The zero-order valence-electron chi connectivity index (χ0n) is 14.7. The number of rotatable bonds is 7. The lowest BCUT2D eigenvalue weighted by Crippen LogP contribution is -2.47. The molecule has 5 heteroatoms. The summed E-state index contributed by atoms with van der Waals surface area (Å²) in [4.78, 5) is 28.0. The highest BCUT2D eigenvalue weighted by Gasteiger charge is 2.27. The lowest BCUT2D eigenvalue weighted by molar-refractivity contribution is -0.130. The minimum absolute atomic E-state index is 0.0830. The monoisotopic (exact) mass is 348 g/mol. The van der Waals surface area contributed by atoms with Crippen LogP contribution in [0, 0.1) is 11.8 Å². The van der Waals surface area contributed by atoms with Crippen molar-refractivity contribution in [3.05, 3.63) is 35.0 Å². The molecular formula is C19H25ClN2O2. The van der Waals surface area contributed by atoms with E-state index in [0.717, 1.165) is 22.9 Å². The molecule has 2 rings (SSSR count). The van der Waals surface area contributed by atoms with Crippen LogP contribution in [0.15, 0.2) is 24.4 Å². The summed E-state index contributed by atoms with van der Waals surface area (Å²) in [6.45, 7) is 7.76. The highest BCUT2D eigenvalue weighted by molar-refractivity contribution is 6.31. The maximum Gasteiger partial charge on any atom is 0.225 e. The largest absolute Gasteiger partial charge is 0.361 e. The van der Waals surface area contributed by atoms with Crippen LogP contribution in [-0.2, 0) is 16.0 Å². The fraction of sp³-hybridized carbons (Fsp3) is 0.474. The van der Waals surface area contributed by atoms with Gasteiger partial charge in [0.2, 0.25) is 5.91 Å². The number of aromatic amines is 1. The topological polar surface area (TPSA) is 62.0 Å². The second kappa shape index (κ2) is 7.84. The molecule has 0 bridgehead atoms. The van der Waals surface area contributed by atoms with Crippen molar-refractivity contribution in [3.63, 3.8) is 0 Å². The van der Waals surface area contributed by atoms with Gasteiger partial charge in [0, 0.05) is 28.0 Å². The lowest BCUT2D eigenvalue weighted by Gasteiger charge is -2.24. The molecule has 0 fully saturated rings. The van der Waals surface area contributed by atoms with Crippen molar-refractivity contribution in [3.8, 4) is 0 Å². The van der Waals surface area contributed by atoms with Crippen LogP contribution in [0.2, 0.25) is 5.02 Å². The molecule has 0 aliphatic heterocycles. The molecule has 0 saturated carbocycles. The van der Waals surface area contributed by atoms with E-state index < -0.39 is 6.04 Å². The number of benzene rings is 1. The predicted octanol–water partition coefficient (Wildman–Crippen LogP) is 4.12. The van der Waals surface area contributed by atoms with E-state index in [4.69, 9.17) is 11.6 Å². The molecule has 0 aliphatic carbocycles. The molecule has 0 saturated heterocycles. The number of Topliss-reactive ketones (excluding diaryl/α,β-unsaturated/α-hetero) is 1. The number of halogens is 1. The Balaban J connectivity index is 2.15. The minimum Gasteiger partial charge on any atom is -0.361 e. The summed E-state index contributed by atoms with van der Waals surface area (Å²) in [6, 6.07) is 5.12. The second-order valence-electron chi connectivity index (χ2n) is 6.67. The average molecular weight is 349 g/mol. The maximum absolute atomic E-state index is 12.5. The smallest absolute Gasteiger partial charge is 0.225 e. The number of carbonyl (C=O) groups excluding carboxylic acids is 2. The average Bonchev–Trinajstić information content (AvgIpc) is 2.93. The van der Waals surface area contributed by atoms with Gasteiger partial charge < -0.3 is 10.3 Å². The van der Waals surface area contributed by atoms with Crippen molar-refractivity contribution in [2.75, 3.05) is 0 Å². The maximum atomic E-state index is 12.5. The zero-order chi connectivity index (χ0) is 17.9. The van der Waals surface area contributed by atoms with Crippen molar-refractivity contribution in [2.24, 2.45) is 11.8 Å². The molecule has 0 radical (unpaired) electrons. The van der Waals surface area contributed by atoms with Gasteiger partial charge in [0.25, 0.3) is 0 Å². The Morgan fingerprint density at radius 3 is 2.58 bits per heavy atom. The third-order valence-corrected chi connectivity index (χ3v) is 4.72. The van der Waals surface area contributed by atoms with E-state index in [-0.39, 0.29) is 29.9 Å². The minimum atomic E-state index is -0.434. The molecule has 2 atom stereocenters. The van der Waals surface area contributed by atoms with Gasteiger partial charge in [-0.15, -0.1) is 0 Å². The molecule has 0 unspecified atom stereocenters. The molecule has 1 heterocycles. The SMILES string of the molecule is CC[C@H](C)[C@H](NC(=O)Cc1c[nH]c2ccc(Cl)cc12)C(=O)C(C)C. The van der Waals surface area contributed by atoms with E-state index in [1.807, 2.05) is 52.1 Å². The van der Waals surface area contributed by atoms with Crippen molar-refractivity contribution >= 4 is 34.2 Å². The molecular weight excluding hydrogens is 324 g/mol. The van der Waals surface area contributed by atoms with E-state index in [0.29, 0.717) is 5.02 Å². The summed E-state index contributed by atoms with van der Waals surface area (Å²) < 4.78 is 0. The van der Waals surface area contributed by atoms with Gasteiger partial charge in [-0.05, 0) is 29.7 Å². The quantitative estimate of drug-likeness (QED) is 0.790. The van der Waals surface area contributed by atoms with Crippen LogP contribution >= 0.6 is 11.6 Å². The summed E-state index contributed by atoms with van der Waals surface area (Å²) in [5, 5.41) is 4.50. The van der Waals surface area contributed by atoms with Gasteiger partial charge in [-0.25, -0.2) is 0 Å².